The molecule has 0 aliphatic carbocycles. The maximum absolute atomic E-state index is 13.8. The molecule has 2 aromatic carbocycles. The monoisotopic (exact) mass is 391 g/mol. The summed E-state index contributed by atoms with van der Waals surface area (Å²) in [6, 6.07) is 5.90. The molecule has 0 bridgehead atoms. The Kier molecular flexibility index (Phi) is 4.44. The summed E-state index contributed by atoms with van der Waals surface area (Å²) in [5.74, 6) is -1.93. The number of nitrogens with zero attached hydrogens (tertiary/aromatic N) is 1. The average molecular weight is 391 g/mol. The molecule has 0 unspecified atom stereocenters. The molecule has 10 heteroatoms. The van der Waals surface area contributed by atoms with E-state index in [4.69, 9.17) is 10.00 Å². The molecule has 3 nitrogen and oxygen atoms in total. The lowest BCUT2D eigenvalue weighted by Crippen LogP contribution is -2.22. The third-order valence-corrected chi connectivity index (χ3v) is 5.16. The van der Waals surface area contributed by atoms with E-state index in [1.807, 2.05) is 0 Å². The standard InChI is InChI=1S/C16H7F6NO2S/c17-8-3-7(6-23)4-9(5-8)25-11-2-1-10-13(12(11)15(19)20)26(24)16(21,22)14(10)18/h1-5,14-15H/t14-,26+/m0/s1. The zero-order valence-electron chi connectivity index (χ0n) is 12.5. The minimum Gasteiger partial charge on any atom is -0.457 e. The number of ether oxygens (including phenoxy) is 1. The van der Waals surface area contributed by atoms with Crippen molar-refractivity contribution < 1.29 is 35.3 Å². The predicted molar refractivity (Wildman–Crippen MR) is 77.8 cm³/mol. The summed E-state index contributed by atoms with van der Waals surface area (Å²) in [4.78, 5) is -1.04. The van der Waals surface area contributed by atoms with Crippen LogP contribution in [0.5, 0.6) is 11.5 Å². The molecule has 3 rings (SSSR count). The predicted octanol–water partition coefficient (Wildman–Crippen LogP) is 5.15. The molecule has 2 aromatic rings. The molecular formula is C16H7F6NO2S. The van der Waals surface area contributed by atoms with Gasteiger partial charge in [0.05, 0.1) is 22.1 Å². The first-order valence-corrected chi connectivity index (χ1v) is 8.09. The molecule has 0 fully saturated rings. The van der Waals surface area contributed by atoms with Crippen molar-refractivity contribution >= 4 is 10.8 Å². The fourth-order valence-electron chi connectivity index (χ4n) is 2.52. The van der Waals surface area contributed by atoms with E-state index < -0.39 is 56.2 Å². The van der Waals surface area contributed by atoms with Crippen LogP contribution in [0.1, 0.15) is 29.3 Å². The van der Waals surface area contributed by atoms with Crippen LogP contribution in [0.15, 0.2) is 35.2 Å². The molecule has 0 radical (unpaired) electrons. The molecule has 1 aliphatic heterocycles. The molecule has 0 saturated carbocycles. The normalized spacial score (nSPS) is 20.7. The van der Waals surface area contributed by atoms with Gasteiger partial charge in [-0.25, -0.2) is 21.8 Å². The first kappa shape index (κ1) is 18.3. The number of fused-ring (bicyclic) bond motifs is 1. The summed E-state index contributed by atoms with van der Waals surface area (Å²) < 4.78 is 98.3. The van der Waals surface area contributed by atoms with Crippen molar-refractivity contribution in [1.82, 2.24) is 0 Å². The Bertz CT molecular complexity index is 956. The number of nitriles is 1. The van der Waals surface area contributed by atoms with E-state index in [9.17, 15) is 30.6 Å². The van der Waals surface area contributed by atoms with Gasteiger partial charge in [-0.3, -0.25) is 0 Å². The quantitative estimate of drug-likeness (QED) is 0.680. The van der Waals surface area contributed by atoms with Crippen molar-refractivity contribution in [2.45, 2.75) is 22.7 Å². The van der Waals surface area contributed by atoms with E-state index >= 15 is 0 Å². The Morgan fingerprint density at radius 3 is 2.54 bits per heavy atom. The summed E-state index contributed by atoms with van der Waals surface area (Å²) in [6.45, 7) is 0. The molecule has 0 amide bonds. The third-order valence-electron chi connectivity index (χ3n) is 3.63. The van der Waals surface area contributed by atoms with Gasteiger partial charge in [0.25, 0.3) is 6.43 Å². The van der Waals surface area contributed by atoms with Gasteiger partial charge in [0.15, 0.2) is 0 Å². The summed E-state index contributed by atoms with van der Waals surface area (Å²) in [5, 5.41) is 4.44. The van der Waals surface area contributed by atoms with Crippen LogP contribution < -0.4 is 4.74 Å². The van der Waals surface area contributed by atoms with Crippen molar-refractivity contribution in [2.24, 2.45) is 0 Å². The SMILES string of the molecule is N#Cc1cc(F)cc(Oc2ccc3c(c2C(F)F)[S@@](=O)C(F)(F)[C@H]3F)c1. The van der Waals surface area contributed by atoms with Crippen molar-refractivity contribution in [2.75, 3.05) is 0 Å². The smallest absolute Gasteiger partial charge is 0.360 e. The fraction of sp³-hybridized carbons (Fsp3) is 0.188. The lowest BCUT2D eigenvalue weighted by Gasteiger charge is -2.14. The van der Waals surface area contributed by atoms with Gasteiger partial charge < -0.3 is 4.74 Å². The van der Waals surface area contributed by atoms with Gasteiger partial charge >= 0.3 is 5.25 Å². The summed E-state index contributed by atoms with van der Waals surface area (Å²) in [6.07, 6.45) is -6.40. The average Bonchev–Trinajstić information content (AvgIpc) is 2.74. The van der Waals surface area contributed by atoms with E-state index in [0.29, 0.717) is 0 Å². The molecule has 0 aromatic heterocycles. The maximum atomic E-state index is 13.8. The highest BCUT2D eigenvalue weighted by Gasteiger charge is 2.57. The van der Waals surface area contributed by atoms with Crippen LogP contribution >= 0.6 is 0 Å². The third kappa shape index (κ3) is 2.82. The van der Waals surface area contributed by atoms with Crippen molar-refractivity contribution in [3.8, 4) is 17.6 Å². The number of benzene rings is 2. The van der Waals surface area contributed by atoms with E-state index in [1.165, 1.54) is 0 Å². The van der Waals surface area contributed by atoms with E-state index in [1.54, 1.807) is 6.07 Å². The molecule has 1 aliphatic rings. The second-order valence-electron chi connectivity index (χ2n) is 5.28. The number of hydrogen-bond acceptors (Lipinski definition) is 3. The van der Waals surface area contributed by atoms with Crippen molar-refractivity contribution in [3.63, 3.8) is 0 Å². The Balaban J connectivity index is 2.14. The van der Waals surface area contributed by atoms with Crippen LogP contribution in [-0.4, -0.2) is 9.46 Å². The second kappa shape index (κ2) is 6.32. The molecular weight excluding hydrogens is 384 g/mol. The molecule has 136 valence electrons. The minimum absolute atomic E-state index is 0.168. The van der Waals surface area contributed by atoms with E-state index in [-0.39, 0.29) is 11.3 Å². The Labute approximate surface area is 145 Å². The molecule has 0 saturated heterocycles. The van der Waals surface area contributed by atoms with Crippen LogP contribution in [0.2, 0.25) is 0 Å². The van der Waals surface area contributed by atoms with Crippen molar-refractivity contribution in [3.05, 3.63) is 52.8 Å². The summed E-state index contributed by atoms with van der Waals surface area (Å²) >= 11 is 0. The molecule has 1 heterocycles. The van der Waals surface area contributed by atoms with Crippen LogP contribution in [0.3, 0.4) is 0 Å². The van der Waals surface area contributed by atoms with Gasteiger partial charge in [0, 0.05) is 11.6 Å². The van der Waals surface area contributed by atoms with Crippen molar-refractivity contribution in [1.29, 1.82) is 5.26 Å². The molecule has 2 atom stereocenters. The first-order valence-electron chi connectivity index (χ1n) is 6.94. The second-order valence-corrected chi connectivity index (χ2v) is 6.77. The largest absolute Gasteiger partial charge is 0.457 e. The van der Waals surface area contributed by atoms with Gasteiger partial charge in [-0.05, 0) is 18.2 Å². The van der Waals surface area contributed by atoms with Gasteiger partial charge in [-0.15, -0.1) is 0 Å². The molecule has 0 N–H and O–H groups in total. The van der Waals surface area contributed by atoms with Gasteiger partial charge in [0.2, 0.25) is 6.17 Å². The zero-order valence-corrected chi connectivity index (χ0v) is 13.3. The Morgan fingerprint density at radius 2 is 1.92 bits per heavy atom. The first-order chi connectivity index (χ1) is 12.2. The summed E-state index contributed by atoms with van der Waals surface area (Å²) in [5.41, 5.74) is -2.14. The minimum atomic E-state index is -4.35. The van der Waals surface area contributed by atoms with Crippen LogP contribution in [-0.2, 0) is 10.8 Å². The number of rotatable bonds is 3. The number of hydrogen-bond donors (Lipinski definition) is 0. The Hall–Kier alpha value is -2.54. The highest BCUT2D eigenvalue weighted by atomic mass is 32.2. The van der Waals surface area contributed by atoms with E-state index in [2.05, 4.69) is 0 Å². The Morgan fingerprint density at radius 1 is 1.23 bits per heavy atom. The van der Waals surface area contributed by atoms with Gasteiger partial charge in [-0.1, -0.05) is 6.07 Å². The van der Waals surface area contributed by atoms with Crippen LogP contribution in [0, 0.1) is 17.1 Å². The topological polar surface area (TPSA) is 50.1 Å². The highest BCUT2D eigenvalue weighted by Crippen LogP contribution is 2.53. The molecule has 0 spiro atoms. The maximum Gasteiger partial charge on any atom is 0.360 e. The van der Waals surface area contributed by atoms with Gasteiger partial charge in [-0.2, -0.15) is 14.0 Å². The highest BCUT2D eigenvalue weighted by molar-refractivity contribution is 7.86. The van der Waals surface area contributed by atoms with Crippen LogP contribution in [0.25, 0.3) is 0 Å². The lowest BCUT2D eigenvalue weighted by atomic mass is 10.1. The number of alkyl halides is 5. The lowest BCUT2D eigenvalue weighted by molar-refractivity contribution is 0.0143. The fourth-order valence-corrected chi connectivity index (χ4v) is 3.89. The van der Waals surface area contributed by atoms with Crippen LogP contribution in [0.4, 0.5) is 26.3 Å². The number of halogens is 6. The summed E-state index contributed by atoms with van der Waals surface area (Å²) in [7, 11) is -3.34. The zero-order chi connectivity index (χ0) is 19.2. The van der Waals surface area contributed by atoms with E-state index in [0.717, 1.165) is 30.3 Å². The molecule has 26 heavy (non-hydrogen) atoms. The van der Waals surface area contributed by atoms with Gasteiger partial charge in [0.1, 0.15) is 28.1 Å².